The van der Waals surface area contributed by atoms with E-state index < -0.39 is 11.9 Å². The summed E-state index contributed by atoms with van der Waals surface area (Å²) in [5.74, 6) is -0.568. The molecular formula is C22H24N2O4. The lowest BCUT2D eigenvalue weighted by Crippen LogP contribution is -2.32. The summed E-state index contributed by atoms with van der Waals surface area (Å²) in [5.41, 5.74) is 5.35. The molecule has 1 aliphatic rings. The molecule has 2 aromatic rings. The highest BCUT2D eigenvalue weighted by Crippen LogP contribution is 2.26. The quantitative estimate of drug-likeness (QED) is 0.356. The zero-order valence-corrected chi connectivity index (χ0v) is 16.1. The van der Waals surface area contributed by atoms with Gasteiger partial charge < -0.3 is 9.47 Å². The van der Waals surface area contributed by atoms with Gasteiger partial charge >= 0.3 is 5.97 Å². The number of aryl methyl sites for hydroxylation is 1. The maximum Gasteiger partial charge on any atom is 0.355 e. The van der Waals surface area contributed by atoms with Gasteiger partial charge in [0.15, 0.2) is 11.5 Å². The predicted octanol–water partition coefficient (Wildman–Crippen LogP) is 3.86. The summed E-state index contributed by atoms with van der Waals surface area (Å²) in [7, 11) is 1.59. The number of esters is 1. The van der Waals surface area contributed by atoms with Crippen molar-refractivity contribution < 1.29 is 19.1 Å². The van der Waals surface area contributed by atoms with Gasteiger partial charge in [0.05, 0.1) is 25.3 Å². The van der Waals surface area contributed by atoms with E-state index in [2.05, 4.69) is 10.5 Å². The van der Waals surface area contributed by atoms with Gasteiger partial charge in [-0.25, -0.2) is 4.79 Å². The minimum atomic E-state index is -0.631. The largest absolute Gasteiger partial charge is 0.497 e. The van der Waals surface area contributed by atoms with Crippen LogP contribution in [0.15, 0.2) is 53.6 Å². The number of ether oxygens (including phenoxy) is 2. The number of nitrogens with one attached hydrogen (secondary N) is 1. The average Bonchev–Trinajstić information content (AvgIpc) is 2.88. The Hall–Kier alpha value is -3.15. The first kappa shape index (κ1) is 19.6. The molecule has 0 fully saturated rings. The monoisotopic (exact) mass is 380 g/mol. The molecule has 1 unspecified atom stereocenters. The van der Waals surface area contributed by atoms with Gasteiger partial charge in [-0.3, -0.25) is 10.2 Å². The number of hydrazone groups is 1. The van der Waals surface area contributed by atoms with Crippen LogP contribution in [0.3, 0.4) is 0 Å². The summed E-state index contributed by atoms with van der Waals surface area (Å²) in [5, 5.41) is 4.29. The minimum Gasteiger partial charge on any atom is -0.497 e. The Morgan fingerprint density at radius 2 is 1.93 bits per heavy atom. The molecule has 0 saturated carbocycles. The second-order valence-corrected chi connectivity index (χ2v) is 6.52. The first-order valence-corrected chi connectivity index (χ1v) is 9.41. The van der Waals surface area contributed by atoms with E-state index in [-0.39, 0.29) is 18.1 Å². The number of anilines is 1. The summed E-state index contributed by atoms with van der Waals surface area (Å²) < 4.78 is 10.3. The molecule has 0 bridgehead atoms. The van der Waals surface area contributed by atoms with Crippen molar-refractivity contribution in [1.29, 1.82) is 0 Å². The fourth-order valence-corrected chi connectivity index (χ4v) is 3.32. The van der Waals surface area contributed by atoms with Crippen LogP contribution in [-0.4, -0.2) is 31.2 Å². The summed E-state index contributed by atoms with van der Waals surface area (Å²) in [4.78, 5) is 25.7. The first-order chi connectivity index (χ1) is 13.6. The minimum absolute atomic E-state index is 0.0866. The summed E-state index contributed by atoms with van der Waals surface area (Å²) in [6, 6.07) is 14.7. The zero-order chi connectivity index (χ0) is 19.9. The van der Waals surface area contributed by atoms with Crippen molar-refractivity contribution >= 4 is 23.2 Å². The molecule has 6 nitrogen and oxygen atoms in total. The molecule has 0 heterocycles. The van der Waals surface area contributed by atoms with Gasteiger partial charge in [0.2, 0.25) is 0 Å². The molecule has 0 radical (unpaired) electrons. The number of hydrogen-bond donors (Lipinski definition) is 1. The normalized spacial score (nSPS) is 16.7. The van der Waals surface area contributed by atoms with Crippen molar-refractivity contribution in [2.24, 2.45) is 11.0 Å². The van der Waals surface area contributed by atoms with Crippen molar-refractivity contribution in [3.05, 3.63) is 59.7 Å². The lowest BCUT2D eigenvalue weighted by Gasteiger charge is -2.16. The fraction of sp³-hybridized carbons (Fsp3) is 0.318. The lowest BCUT2D eigenvalue weighted by atomic mass is 9.91. The van der Waals surface area contributed by atoms with E-state index in [0.717, 1.165) is 24.2 Å². The maximum absolute atomic E-state index is 13.1. The molecule has 0 saturated heterocycles. The van der Waals surface area contributed by atoms with Crippen molar-refractivity contribution in [2.45, 2.75) is 26.2 Å². The molecule has 28 heavy (non-hydrogen) atoms. The van der Waals surface area contributed by atoms with Crippen molar-refractivity contribution in [1.82, 2.24) is 0 Å². The molecule has 0 spiro atoms. The third-order valence-corrected chi connectivity index (χ3v) is 4.75. The van der Waals surface area contributed by atoms with Gasteiger partial charge in [-0.15, -0.1) is 0 Å². The van der Waals surface area contributed by atoms with Crippen molar-refractivity contribution in [3.63, 3.8) is 0 Å². The second kappa shape index (κ2) is 9.17. The zero-order valence-electron chi connectivity index (χ0n) is 16.1. The van der Waals surface area contributed by atoms with Crippen LogP contribution in [-0.2, 0) is 16.0 Å². The Labute approximate surface area is 164 Å². The van der Waals surface area contributed by atoms with Crippen LogP contribution in [0.25, 0.3) is 0 Å². The van der Waals surface area contributed by atoms with Crippen LogP contribution in [0.5, 0.6) is 5.75 Å². The van der Waals surface area contributed by atoms with E-state index in [1.165, 1.54) is 0 Å². The van der Waals surface area contributed by atoms with Crippen LogP contribution in [0.2, 0.25) is 0 Å². The number of benzene rings is 2. The Balaban J connectivity index is 1.90. The Bertz CT molecular complexity index is 874. The van der Waals surface area contributed by atoms with E-state index in [9.17, 15) is 9.59 Å². The highest BCUT2D eigenvalue weighted by Gasteiger charge is 2.34. The van der Waals surface area contributed by atoms with E-state index in [1.54, 1.807) is 38.3 Å². The number of fused-ring (bicyclic) bond motifs is 1. The topological polar surface area (TPSA) is 77.0 Å². The third kappa shape index (κ3) is 4.39. The van der Waals surface area contributed by atoms with Gasteiger partial charge in [0.25, 0.3) is 0 Å². The molecule has 0 amide bonds. The molecule has 1 aliphatic carbocycles. The van der Waals surface area contributed by atoms with E-state index in [4.69, 9.17) is 9.47 Å². The average molecular weight is 380 g/mol. The van der Waals surface area contributed by atoms with Gasteiger partial charge in [-0.05, 0) is 56.0 Å². The third-order valence-electron chi connectivity index (χ3n) is 4.75. The molecule has 3 rings (SSSR count). The highest BCUT2D eigenvalue weighted by atomic mass is 16.5. The fourth-order valence-electron chi connectivity index (χ4n) is 3.32. The van der Waals surface area contributed by atoms with Crippen molar-refractivity contribution in [2.75, 3.05) is 19.1 Å². The number of Topliss-reactive ketones (excluding diaryl/α,β-unsaturated/α-hetero) is 1. The number of carbonyl (C=O) groups excluding carboxylic acids is 2. The smallest absolute Gasteiger partial charge is 0.355 e. The molecule has 1 N–H and O–H groups in total. The molecule has 6 heteroatoms. The van der Waals surface area contributed by atoms with E-state index >= 15 is 0 Å². The van der Waals surface area contributed by atoms with E-state index in [1.807, 2.05) is 24.3 Å². The highest BCUT2D eigenvalue weighted by molar-refractivity contribution is 6.42. The number of carbonyl (C=O) groups is 2. The summed E-state index contributed by atoms with van der Waals surface area (Å²) >= 11 is 0. The Morgan fingerprint density at radius 3 is 2.64 bits per heavy atom. The standard InChI is InChI=1S/C22H24N2O4/c1-3-28-22(26)20(24-23-16-11-13-17(27-2)14-12-16)19-10-6-8-15-7-4-5-9-18(15)21(19)25/h4-5,7,9,11-14,19,23H,3,6,8,10H2,1-2H3/b24-20+. The van der Waals surface area contributed by atoms with Crippen LogP contribution in [0, 0.1) is 5.92 Å². The second-order valence-electron chi connectivity index (χ2n) is 6.52. The Kier molecular flexibility index (Phi) is 6.42. The SMILES string of the molecule is CCOC(=O)/C(=N/Nc1ccc(OC)cc1)C1CCCc2ccccc2C1=O. The molecule has 146 valence electrons. The number of rotatable bonds is 6. The van der Waals surface area contributed by atoms with Gasteiger partial charge in [0, 0.05) is 5.56 Å². The van der Waals surface area contributed by atoms with Crippen molar-refractivity contribution in [3.8, 4) is 5.75 Å². The van der Waals surface area contributed by atoms with E-state index in [0.29, 0.717) is 17.7 Å². The summed E-state index contributed by atoms with van der Waals surface area (Å²) in [6.07, 6.45) is 2.16. The number of ketones is 1. The molecule has 1 atom stereocenters. The summed E-state index contributed by atoms with van der Waals surface area (Å²) in [6.45, 7) is 1.95. The molecule has 2 aromatic carbocycles. The molecular weight excluding hydrogens is 356 g/mol. The lowest BCUT2D eigenvalue weighted by molar-refractivity contribution is -0.135. The molecule has 0 aromatic heterocycles. The van der Waals surface area contributed by atoms with Crippen LogP contribution >= 0.6 is 0 Å². The van der Waals surface area contributed by atoms with Crippen LogP contribution in [0.1, 0.15) is 35.7 Å². The van der Waals surface area contributed by atoms with Crippen LogP contribution < -0.4 is 10.2 Å². The number of methoxy groups -OCH3 is 1. The van der Waals surface area contributed by atoms with Crippen LogP contribution in [0.4, 0.5) is 5.69 Å². The maximum atomic E-state index is 13.1. The number of hydrogen-bond acceptors (Lipinski definition) is 6. The number of nitrogens with zero attached hydrogens (tertiary/aromatic N) is 1. The van der Waals surface area contributed by atoms with Gasteiger partial charge in [-0.1, -0.05) is 24.3 Å². The first-order valence-electron chi connectivity index (χ1n) is 9.41. The molecule has 0 aliphatic heterocycles. The Morgan fingerprint density at radius 1 is 1.18 bits per heavy atom. The van der Waals surface area contributed by atoms with Gasteiger partial charge in [-0.2, -0.15) is 5.10 Å². The predicted molar refractivity (Wildman–Crippen MR) is 108 cm³/mol. The van der Waals surface area contributed by atoms with Gasteiger partial charge in [0.1, 0.15) is 5.75 Å².